The van der Waals surface area contributed by atoms with Crippen LogP contribution in [0.15, 0.2) is 188 Å². The predicted octanol–water partition coefficient (Wildman–Crippen LogP) is 13.3. The summed E-state index contributed by atoms with van der Waals surface area (Å²) in [6, 6.07) is 58.3. The lowest BCUT2D eigenvalue weighted by atomic mass is 9.67. The molecule has 3 heterocycles. The summed E-state index contributed by atoms with van der Waals surface area (Å²) in [7, 11) is 0. The van der Waals surface area contributed by atoms with E-state index in [9.17, 15) is 0 Å². The Morgan fingerprint density at radius 2 is 1.32 bits per heavy atom. The molecule has 2 aliphatic rings. The van der Waals surface area contributed by atoms with Gasteiger partial charge >= 0.3 is 0 Å². The lowest BCUT2D eigenvalue weighted by molar-refractivity contribution is 0.769. The minimum atomic E-state index is -0.476. The van der Waals surface area contributed by atoms with Crippen molar-refractivity contribution in [2.75, 3.05) is 0 Å². The van der Waals surface area contributed by atoms with Gasteiger partial charge in [0.1, 0.15) is 0 Å². The molecule has 4 nitrogen and oxygen atoms in total. The first-order valence-electron chi connectivity index (χ1n) is 20.9. The van der Waals surface area contributed by atoms with Crippen LogP contribution in [0.5, 0.6) is 0 Å². The Hall–Kier alpha value is -7.43. The minimum absolute atomic E-state index is 0.338. The third-order valence-corrected chi connectivity index (χ3v) is 13.0. The van der Waals surface area contributed by atoms with Crippen LogP contribution >= 0.6 is 0 Å². The SMILES string of the molecule is Cc1c(/C=C\N)c2ncccc2n1-c1ccc(-c2ccc(-n3c4c(c5ccc6c(c53)-c3ccccc3C6(c3ccccc3)c3ccccc3)C(C)CC=CC=C4)cc2)cc1. The molecule has 288 valence electrons. The smallest absolute Gasteiger partial charge is 0.0960 e. The molecule has 6 aromatic carbocycles. The van der Waals surface area contributed by atoms with Crippen molar-refractivity contribution < 1.29 is 0 Å². The summed E-state index contributed by atoms with van der Waals surface area (Å²) >= 11 is 0. The Labute approximate surface area is 350 Å². The van der Waals surface area contributed by atoms with Gasteiger partial charge in [0.15, 0.2) is 0 Å². The van der Waals surface area contributed by atoms with E-state index in [0.717, 1.165) is 45.6 Å². The number of hydrogen-bond acceptors (Lipinski definition) is 2. The molecular formula is C56H44N4. The van der Waals surface area contributed by atoms with Gasteiger partial charge in [-0.3, -0.25) is 4.98 Å². The van der Waals surface area contributed by atoms with Gasteiger partial charge in [-0.25, -0.2) is 0 Å². The molecule has 2 N–H and O–H groups in total. The molecule has 0 saturated heterocycles. The van der Waals surface area contributed by atoms with Crippen molar-refractivity contribution in [1.29, 1.82) is 0 Å². The molecule has 0 radical (unpaired) electrons. The second kappa shape index (κ2) is 14.1. The lowest BCUT2D eigenvalue weighted by Crippen LogP contribution is -2.28. The van der Waals surface area contributed by atoms with Crippen molar-refractivity contribution in [2.24, 2.45) is 5.73 Å². The van der Waals surface area contributed by atoms with E-state index >= 15 is 0 Å². The van der Waals surface area contributed by atoms with Crippen molar-refractivity contribution >= 4 is 34.1 Å². The van der Waals surface area contributed by atoms with Crippen LogP contribution in [0.4, 0.5) is 0 Å². The highest BCUT2D eigenvalue weighted by Crippen LogP contribution is 2.59. The van der Waals surface area contributed by atoms with Gasteiger partial charge in [0.2, 0.25) is 0 Å². The summed E-state index contributed by atoms with van der Waals surface area (Å²) in [6.07, 6.45) is 15.4. The Balaban J connectivity index is 1.10. The second-order valence-electron chi connectivity index (χ2n) is 16.1. The van der Waals surface area contributed by atoms with Gasteiger partial charge < -0.3 is 14.9 Å². The van der Waals surface area contributed by atoms with Crippen LogP contribution in [0.25, 0.3) is 67.7 Å². The van der Waals surface area contributed by atoms with E-state index in [4.69, 9.17) is 5.73 Å². The van der Waals surface area contributed by atoms with Crippen molar-refractivity contribution in [3.63, 3.8) is 0 Å². The normalized spacial score (nSPS) is 15.3. The fourth-order valence-corrected chi connectivity index (χ4v) is 10.4. The molecule has 60 heavy (non-hydrogen) atoms. The van der Waals surface area contributed by atoms with Crippen LogP contribution in [0.3, 0.4) is 0 Å². The molecule has 0 spiro atoms. The molecule has 1 unspecified atom stereocenters. The Kier molecular flexibility index (Phi) is 8.42. The number of allylic oxidation sites excluding steroid dienone is 3. The van der Waals surface area contributed by atoms with E-state index in [-0.39, 0.29) is 0 Å². The van der Waals surface area contributed by atoms with E-state index in [2.05, 4.69) is 204 Å². The zero-order chi connectivity index (χ0) is 40.4. The van der Waals surface area contributed by atoms with Crippen molar-refractivity contribution in [3.05, 3.63) is 233 Å². The third kappa shape index (κ3) is 5.20. The molecule has 4 heteroatoms. The maximum atomic E-state index is 5.85. The summed E-state index contributed by atoms with van der Waals surface area (Å²) in [5.74, 6) is 0.338. The zero-order valence-electron chi connectivity index (χ0n) is 33.8. The molecule has 0 fully saturated rings. The predicted molar refractivity (Wildman–Crippen MR) is 250 cm³/mol. The highest BCUT2D eigenvalue weighted by Gasteiger charge is 2.47. The van der Waals surface area contributed by atoms with Crippen LogP contribution in [0.1, 0.15) is 64.0 Å². The summed E-state index contributed by atoms with van der Waals surface area (Å²) in [4.78, 5) is 4.69. The standard InChI is InChI=1S/C56H44N4/c1-37-15-6-3-11-22-50-52(37)47-32-33-49-53(46-20-12-13-21-48(46)56(49,41-16-7-4-8-17-41)42-18-9-5-10-19-42)55(47)60(50)44-30-26-40(27-31-44)39-24-28-43(29-25-39)59-38(2)45(34-35-57)54-51(59)23-14-36-58-54/h3-14,16-37H,15,57H2,1-2H3/b6-3?,22-11?,35-34-. The van der Waals surface area contributed by atoms with E-state index in [1.54, 1.807) is 6.20 Å². The molecule has 0 saturated carbocycles. The number of pyridine rings is 1. The molecule has 0 bridgehead atoms. The largest absolute Gasteiger partial charge is 0.405 e. The average molecular weight is 773 g/mol. The van der Waals surface area contributed by atoms with E-state index in [0.29, 0.717) is 5.92 Å². The first kappa shape index (κ1) is 35.7. The minimum Gasteiger partial charge on any atom is -0.405 e. The lowest BCUT2D eigenvalue weighted by Gasteiger charge is -2.33. The highest BCUT2D eigenvalue weighted by atomic mass is 15.0. The molecule has 3 aromatic heterocycles. The van der Waals surface area contributed by atoms with E-state index in [1.165, 1.54) is 61.1 Å². The number of fused-ring (bicyclic) bond motifs is 8. The summed E-state index contributed by atoms with van der Waals surface area (Å²) < 4.78 is 4.81. The van der Waals surface area contributed by atoms with Gasteiger partial charge in [0.05, 0.1) is 27.7 Å². The van der Waals surface area contributed by atoms with Crippen LogP contribution in [-0.2, 0) is 5.41 Å². The van der Waals surface area contributed by atoms with Gasteiger partial charge in [0, 0.05) is 39.8 Å². The van der Waals surface area contributed by atoms with Gasteiger partial charge in [0.25, 0.3) is 0 Å². The number of hydrogen-bond donors (Lipinski definition) is 1. The van der Waals surface area contributed by atoms with Crippen LogP contribution in [0, 0.1) is 6.92 Å². The molecular weight excluding hydrogens is 729 g/mol. The summed E-state index contributed by atoms with van der Waals surface area (Å²) in [6.45, 7) is 4.50. The fourth-order valence-electron chi connectivity index (χ4n) is 10.4. The topological polar surface area (TPSA) is 48.8 Å². The number of rotatable bonds is 6. The Morgan fingerprint density at radius 1 is 0.667 bits per heavy atom. The average Bonchev–Trinajstić information content (AvgIpc) is 3.89. The van der Waals surface area contributed by atoms with E-state index in [1.807, 2.05) is 18.3 Å². The Bertz CT molecular complexity index is 3140. The molecule has 0 aliphatic heterocycles. The summed E-state index contributed by atoms with van der Waals surface area (Å²) in [5.41, 5.74) is 25.8. The number of aromatic nitrogens is 3. The quantitative estimate of drug-likeness (QED) is 0.183. The van der Waals surface area contributed by atoms with Crippen molar-refractivity contribution in [3.8, 4) is 33.6 Å². The number of benzene rings is 6. The highest BCUT2D eigenvalue weighted by molar-refractivity contribution is 6.06. The molecule has 0 amide bonds. The first-order chi connectivity index (χ1) is 29.6. The molecule has 9 aromatic rings. The van der Waals surface area contributed by atoms with Crippen LogP contribution < -0.4 is 5.73 Å². The molecule has 2 aliphatic carbocycles. The maximum Gasteiger partial charge on any atom is 0.0960 e. The summed E-state index contributed by atoms with van der Waals surface area (Å²) in [5, 5.41) is 1.32. The van der Waals surface area contributed by atoms with Gasteiger partial charge in [-0.1, -0.05) is 146 Å². The van der Waals surface area contributed by atoms with Gasteiger partial charge in [-0.05, 0) is 119 Å². The van der Waals surface area contributed by atoms with Crippen molar-refractivity contribution in [1.82, 2.24) is 14.1 Å². The Morgan fingerprint density at radius 3 is 2.00 bits per heavy atom. The number of nitrogens with two attached hydrogens (primary N) is 1. The number of nitrogens with zero attached hydrogens (tertiary/aromatic N) is 3. The molecule has 1 atom stereocenters. The zero-order valence-corrected chi connectivity index (χ0v) is 33.8. The third-order valence-electron chi connectivity index (χ3n) is 13.0. The fraction of sp³-hybridized carbons (Fsp3) is 0.0893. The van der Waals surface area contributed by atoms with E-state index < -0.39 is 5.41 Å². The van der Waals surface area contributed by atoms with Gasteiger partial charge in [-0.2, -0.15) is 0 Å². The first-order valence-corrected chi connectivity index (χ1v) is 20.9. The van der Waals surface area contributed by atoms with Crippen LogP contribution in [-0.4, -0.2) is 14.1 Å². The second-order valence-corrected chi connectivity index (χ2v) is 16.1. The molecule has 11 rings (SSSR count). The van der Waals surface area contributed by atoms with Crippen molar-refractivity contribution in [2.45, 2.75) is 31.6 Å². The van der Waals surface area contributed by atoms with Crippen LogP contribution in [0.2, 0.25) is 0 Å². The maximum absolute atomic E-state index is 5.85. The monoisotopic (exact) mass is 772 g/mol. The van der Waals surface area contributed by atoms with Gasteiger partial charge in [-0.15, -0.1) is 0 Å².